The Labute approximate surface area is 313 Å². The summed E-state index contributed by atoms with van der Waals surface area (Å²) < 4.78 is 22.7. The summed E-state index contributed by atoms with van der Waals surface area (Å²) in [5.74, 6) is -0.822. The van der Waals surface area contributed by atoms with Gasteiger partial charge in [0.05, 0.1) is 32.8 Å². The van der Waals surface area contributed by atoms with Crippen molar-refractivity contribution in [3.8, 4) is 0 Å². The number of carbonyl (C=O) groups excluding carboxylic acids is 2. The average molecular weight is 751 g/mol. The second kappa shape index (κ2) is 37.6. The van der Waals surface area contributed by atoms with Crippen LogP contribution in [0.5, 0.6) is 0 Å². The molecule has 9 heteroatoms. The molecule has 0 saturated heterocycles. The van der Waals surface area contributed by atoms with Gasteiger partial charge in [-0.25, -0.2) is 0 Å². The highest BCUT2D eigenvalue weighted by Crippen LogP contribution is 2.63. The molecule has 6 nitrogen and oxygen atoms in total. The standard InChI is InChI=1S/C40H79O6PS2/c1-5-9-11-13-15-17-19-21-23-25-27-29-31-33-35-43-39(41)37-38(49-47(48,45-7-3)46-8-4)40(42)44-36-34-32-30-28-26-24-22-20-18-16-14-12-10-6-2/h38H,5-37H2,1-4H3. The van der Waals surface area contributed by atoms with Crippen LogP contribution in [0.4, 0.5) is 0 Å². The van der Waals surface area contributed by atoms with Crippen molar-refractivity contribution in [2.24, 2.45) is 0 Å². The molecule has 1 unspecified atom stereocenters. The molecule has 0 rings (SSSR count). The summed E-state index contributed by atoms with van der Waals surface area (Å²) in [5, 5.41) is -0.792. The van der Waals surface area contributed by atoms with E-state index in [9.17, 15) is 9.59 Å². The van der Waals surface area contributed by atoms with Crippen molar-refractivity contribution in [1.29, 1.82) is 0 Å². The Hall–Kier alpha value is -0.140. The Morgan fingerprint density at radius 1 is 0.490 bits per heavy atom. The number of carbonyl (C=O) groups is 2. The largest absolute Gasteiger partial charge is 0.466 e. The van der Waals surface area contributed by atoms with Gasteiger partial charge < -0.3 is 18.5 Å². The van der Waals surface area contributed by atoms with Crippen LogP contribution in [0, 0.1) is 0 Å². The molecule has 0 aromatic carbocycles. The minimum absolute atomic E-state index is 0.0839. The molecule has 0 bridgehead atoms. The summed E-state index contributed by atoms with van der Waals surface area (Å²) in [6, 6.07) is 0. The first-order chi connectivity index (χ1) is 23.9. The van der Waals surface area contributed by atoms with E-state index in [1.165, 1.54) is 148 Å². The average Bonchev–Trinajstić information content (AvgIpc) is 3.08. The zero-order chi connectivity index (χ0) is 36.1. The number of hydrogen-bond acceptors (Lipinski definition) is 8. The smallest absolute Gasteiger partial charge is 0.320 e. The predicted molar refractivity (Wildman–Crippen MR) is 216 cm³/mol. The molecule has 49 heavy (non-hydrogen) atoms. The second-order valence-corrected chi connectivity index (χ2v) is 20.1. The molecule has 0 heterocycles. The van der Waals surface area contributed by atoms with Crippen molar-refractivity contribution in [3.05, 3.63) is 0 Å². The van der Waals surface area contributed by atoms with Crippen LogP contribution in [0.2, 0.25) is 0 Å². The van der Waals surface area contributed by atoms with Crippen molar-refractivity contribution in [2.75, 3.05) is 26.4 Å². The van der Waals surface area contributed by atoms with Gasteiger partial charge in [0.25, 0.3) is 0 Å². The molecule has 0 N–H and O–H groups in total. The van der Waals surface area contributed by atoms with Crippen molar-refractivity contribution in [3.63, 3.8) is 0 Å². The Kier molecular flexibility index (Phi) is 37.5. The van der Waals surface area contributed by atoms with E-state index in [0.717, 1.165) is 43.5 Å². The van der Waals surface area contributed by atoms with Gasteiger partial charge in [-0.05, 0) is 38.5 Å². The predicted octanol–water partition coefficient (Wildman–Crippen LogP) is 13.8. The van der Waals surface area contributed by atoms with E-state index < -0.39 is 22.9 Å². The second-order valence-electron chi connectivity index (χ2n) is 13.7. The summed E-state index contributed by atoms with van der Waals surface area (Å²) in [5.41, 5.74) is -2.78. The maximum absolute atomic E-state index is 13.1. The monoisotopic (exact) mass is 751 g/mol. The van der Waals surface area contributed by atoms with Gasteiger partial charge in [0, 0.05) is 0 Å². The first-order valence-electron chi connectivity index (χ1n) is 20.8. The topological polar surface area (TPSA) is 71.1 Å². The molecule has 0 saturated carbocycles. The molecular weight excluding hydrogens is 672 g/mol. The lowest BCUT2D eigenvalue weighted by atomic mass is 10.0. The van der Waals surface area contributed by atoms with E-state index >= 15 is 0 Å². The summed E-state index contributed by atoms with van der Waals surface area (Å²) in [6.45, 7) is 9.75. The van der Waals surface area contributed by atoms with E-state index in [1.807, 2.05) is 13.8 Å². The van der Waals surface area contributed by atoms with E-state index in [4.69, 9.17) is 30.3 Å². The Bertz CT molecular complexity index is 774. The fraction of sp³-hybridized carbons (Fsp3) is 0.950. The van der Waals surface area contributed by atoms with Gasteiger partial charge in [0.1, 0.15) is 5.25 Å². The molecule has 0 aliphatic heterocycles. The highest BCUT2D eigenvalue weighted by atomic mass is 32.9. The van der Waals surface area contributed by atoms with E-state index in [2.05, 4.69) is 13.8 Å². The number of unbranched alkanes of at least 4 members (excludes halogenated alkanes) is 26. The molecule has 0 aliphatic rings. The van der Waals surface area contributed by atoms with Gasteiger partial charge in [-0.15, -0.1) is 0 Å². The van der Waals surface area contributed by atoms with Crippen molar-refractivity contribution >= 4 is 40.8 Å². The maximum Gasteiger partial charge on any atom is 0.320 e. The molecule has 0 radical (unpaired) electrons. The number of rotatable bonds is 39. The minimum atomic E-state index is -2.78. The molecule has 0 spiro atoms. The molecule has 292 valence electrons. The number of ether oxygens (including phenoxy) is 2. The van der Waals surface area contributed by atoms with Crippen LogP contribution in [0.15, 0.2) is 0 Å². The lowest BCUT2D eigenvalue weighted by molar-refractivity contribution is -0.149. The summed E-state index contributed by atoms with van der Waals surface area (Å²) in [7, 11) is 0. The molecule has 1 atom stereocenters. The molecule has 0 amide bonds. The zero-order valence-electron chi connectivity index (χ0n) is 32.6. The fourth-order valence-corrected chi connectivity index (χ4v) is 11.5. The van der Waals surface area contributed by atoms with E-state index in [0.29, 0.717) is 26.4 Å². The first kappa shape index (κ1) is 48.9. The molecule has 0 aliphatic carbocycles. The van der Waals surface area contributed by atoms with Gasteiger partial charge in [-0.2, -0.15) is 0 Å². The summed E-state index contributed by atoms with van der Waals surface area (Å²) in [4.78, 5) is 25.9. The highest BCUT2D eigenvalue weighted by molar-refractivity contribution is 8.68. The lowest BCUT2D eigenvalue weighted by Crippen LogP contribution is -2.25. The van der Waals surface area contributed by atoms with Crippen LogP contribution >= 0.6 is 17.1 Å². The number of esters is 2. The molecular formula is C40H79O6PS2. The van der Waals surface area contributed by atoms with Gasteiger partial charge in [-0.3, -0.25) is 9.59 Å². The molecule has 0 fully saturated rings. The van der Waals surface area contributed by atoms with Gasteiger partial charge in [0.2, 0.25) is 5.69 Å². The van der Waals surface area contributed by atoms with Crippen LogP contribution in [0.1, 0.15) is 214 Å². The Morgan fingerprint density at radius 2 is 0.796 bits per heavy atom. The van der Waals surface area contributed by atoms with Gasteiger partial charge in [0.15, 0.2) is 0 Å². The Balaban J connectivity index is 4.23. The highest BCUT2D eigenvalue weighted by Gasteiger charge is 2.33. The first-order valence-corrected chi connectivity index (χ1v) is 24.9. The lowest BCUT2D eigenvalue weighted by Gasteiger charge is -2.24. The normalized spacial score (nSPS) is 12.3. The fourth-order valence-electron chi connectivity index (χ4n) is 5.99. The third-order valence-electron chi connectivity index (χ3n) is 8.95. The van der Waals surface area contributed by atoms with Crippen molar-refractivity contribution in [1.82, 2.24) is 0 Å². The van der Waals surface area contributed by atoms with Gasteiger partial charge in [-0.1, -0.05) is 192 Å². The maximum atomic E-state index is 13.1. The van der Waals surface area contributed by atoms with Crippen LogP contribution < -0.4 is 0 Å². The third kappa shape index (κ3) is 33.4. The van der Waals surface area contributed by atoms with Gasteiger partial charge >= 0.3 is 11.9 Å². The van der Waals surface area contributed by atoms with Crippen molar-refractivity contribution in [2.45, 2.75) is 219 Å². The van der Waals surface area contributed by atoms with Crippen LogP contribution in [-0.4, -0.2) is 43.6 Å². The quantitative estimate of drug-likeness (QED) is 0.0349. The minimum Gasteiger partial charge on any atom is -0.466 e. The van der Waals surface area contributed by atoms with Crippen LogP contribution in [-0.2, 0) is 39.9 Å². The third-order valence-corrected chi connectivity index (χ3v) is 14.5. The summed E-state index contributed by atoms with van der Waals surface area (Å²) >= 11 is 6.81. The van der Waals surface area contributed by atoms with Crippen LogP contribution in [0.3, 0.4) is 0 Å². The molecule has 0 aromatic heterocycles. The van der Waals surface area contributed by atoms with Crippen LogP contribution in [0.25, 0.3) is 0 Å². The Morgan fingerprint density at radius 3 is 1.12 bits per heavy atom. The van der Waals surface area contributed by atoms with Crippen molar-refractivity contribution < 1.29 is 28.1 Å². The van der Waals surface area contributed by atoms with E-state index in [-0.39, 0.29) is 6.42 Å². The summed E-state index contributed by atoms with van der Waals surface area (Å²) in [6.07, 6.45) is 35.7. The molecule has 0 aromatic rings. The number of hydrogen-bond donors (Lipinski definition) is 0. The SMILES string of the molecule is CCCCCCCCCCCCCCCCOC(=O)CC(SP(=S)(OCC)OCC)C(=O)OCCCCCCCCCCCCCCCC. The zero-order valence-corrected chi connectivity index (χ0v) is 35.2. The van der Waals surface area contributed by atoms with E-state index in [1.54, 1.807) is 0 Å².